The molecule has 0 fully saturated rings. The molecule has 1 aromatic carbocycles. The van der Waals surface area contributed by atoms with Crippen LogP contribution in [0.25, 0.3) is 11.0 Å². The van der Waals surface area contributed by atoms with E-state index >= 15 is 0 Å². The number of nitrogen functional groups attached to an aromatic ring is 1. The third kappa shape index (κ3) is 2.36. The molecular weight excluding hydrogens is 338 g/mol. The van der Waals surface area contributed by atoms with E-state index in [1.54, 1.807) is 0 Å². The minimum Gasteiger partial charge on any atom is -1.00 e. The van der Waals surface area contributed by atoms with Gasteiger partial charge >= 0.3 is 5.95 Å². The van der Waals surface area contributed by atoms with E-state index in [4.69, 9.17) is 5.73 Å². The molecule has 2 N–H and O–H groups in total. The molecule has 3 rings (SSSR count). The molecule has 3 aromatic rings. The molecule has 2 heterocycles. The van der Waals surface area contributed by atoms with Gasteiger partial charge in [0, 0.05) is 0 Å². The molecule has 0 aliphatic rings. The number of anilines is 1. The van der Waals surface area contributed by atoms with Gasteiger partial charge in [-0.1, -0.05) is 18.2 Å². The Balaban J connectivity index is 0.00000147. The number of aromatic nitrogens is 2. The zero-order valence-corrected chi connectivity index (χ0v) is 13.3. The summed E-state index contributed by atoms with van der Waals surface area (Å²) in [7, 11) is 1.91. The van der Waals surface area contributed by atoms with E-state index in [-0.39, 0.29) is 29.3 Å². The zero-order valence-electron chi connectivity index (χ0n) is 10.9. The number of hydrogen-bond donors (Lipinski definition) is 1. The number of rotatable bonds is 3. The normalized spacial score (nSPS) is 10.4. The minimum absolute atomic E-state index is 0. The third-order valence-electron chi connectivity index (χ3n) is 3.25. The van der Waals surface area contributed by atoms with Crippen molar-refractivity contribution in [1.29, 1.82) is 0 Å². The molecule has 6 heteroatoms. The van der Waals surface area contributed by atoms with E-state index in [1.165, 1.54) is 11.3 Å². The number of thiophene rings is 1. The fourth-order valence-corrected chi connectivity index (χ4v) is 2.89. The van der Waals surface area contributed by atoms with E-state index in [9.17, 15) is 4.79 Å². The molecule has 0 radical (unpaired) electrons. The summed E-state index contributed by atoms with van der Waals surface area (Å²) in [4.78, 5) is 13.0. The van der Waals surface area contributed by atoms with Gasteiger partial charge in [0.25, 0.3) is 0 Å². The first-order chi connectivity index (χ1) is 9.18. The SMILES string of the molecule is C[n+]1c(N)n(CC(=O)c2cccs2)c2ccccc21.[Br-]. The van der Waals surface area contributed by atoms with E-state index in [1.807, 2.05) is 58.0 Å². The number of halogens is 1. The highest BCUT2D eigenvalue weighted by Crippen LogP contribution is 2.17. The summed E-state index contributed by atoms with van der Waals surface area (Å²) in [6, 6.07) is 11.6. The molecule has 0 aliphatic carbocycles. The maximum Gasteiger partial charge on any atom is 0.356 e. The molecule has 0 amide bonds. The van der Waals surface area contributed by atoms with E-state index < -0.39 is 0 Å². The lowest BCUT2D eigenvalue weighted by atomic mass is 10.3. The van der Waals surface area contributed by atoms with Crippen LogP contribution in [-0.2, 0) is 13.6 Å². The summed E-state index contributed by atoms with van der Waals surface area (Å²) in [6.45, 7) is 0.272. The number of ketones is 1. The van der Waals surface area contributed by atoms with Crippen molar-refractivity contribution in [3.05, 3.63) is 46.7 Å². The second-order valence-electron chi connectivity index (χ2n) is 4.39. The Kier molecular flexibility index (Phi) is 4.25. The molecule has 0 saturated carbocycles. The molecule has 0 saturated heterocycles. The Hall–Kier alpha value is -1.66. The molecule has 104 valence electrons. The van der Waals surface area contributed by atoms with E-state index in [0.717, 1.165) is 15.9 Å². The van der Waals surface area contributed by atoms with Gasteiger partial charge in [0.15, 0.2) is 0 Å². The summed E-state index contributed by atoms with van der Waals surface area (Å²) in [5.41, 5.74) is 8.10. The Labute approximate surface area is 131 Å². The smallest absolute Gasteiger partial charge is 0.356 e. The first kappa shape index (κ1) is 14.7. The van der Waals surface area contributed by atoms with Crippen molar-refractivity contribution in [1.82, 2.24) is 4.57 Å². The number of carbonyl (C=O) groups excluding carboxylic acids is 1. The van der Waals surface area contributed by atoms with Crippen LogP contribution in [0.3, 0.4) is 0 Å². The van der Waals surface area contributed by atoms with Crippen molar-refractivity contribution in [2.75, 3.05) is 5.73 Å². The summed E-state index contributed by atoms with van der Waals surface area (Å²) < 4.78 is 3.76. The number of Topliss-reactive ketones (excluding diaryl/α,β-unsaturated/α-hetero) is 1. The summed E-state index contributed by atoms with van der Waals surface area (Å²) >= 11 is 1.46. The lowest BCUT2D eigenvalue weighted by molar-refractivity contribution is -0.630. The summed E-state index contributed by atoms with van der Waals surface area (Å²) in [6.07, 6.45) is 0. The highest BCUT2D eigenvalue weighted by Gasteiger charge is 2.21. The minimum atomic E-state index is 0. The number of imidazole rings is 1. The van der Waals surface area contributed by atoms with Gasteiger partial charge in [-0.3, -0.25) is 10.5 Å². The van der Waals surface area contributed by atoms with Gasteiger partial charge in [-0.05, 0) is 23.6 Å². The third-order valence-corrected chi connectivity index (χ3v) is 4.16. The van der Waals surface area contributed by atoms with Gasteiger partial charge in [0.2, 0.25) is 5.78 Å². The van der Waals surface area contributed by atoms with Gasteiger partial charge in [-0.2, -0.15) is 0 Å². The first-order valence-electron chi connectivity index (χ1n) is 5.98. The van der Waals surface area contributed by atoms with E-state index in [2.05, 4.69) is 0 Å². The van der Waals surface area contributed by atoms with Crippen LogP contribution in [-0.4, -0.2) is 10.4 Å². The van der Waals surface area contributed by atoms with Crippen LogP contribution in [0.2, 0.25) is 0 Å². The van der Waals surface area contributed by atoms with Crippen molar-refractivity contribution < 1.29 is 26.3 Å². The predicted octanol–water partition coefficient (Wildman–Crippen LogP) is -1.00. The van der Waals surface area contributed by atoms with Crippen LogP contribution < -0.4 is 27.3 Å². The van der Waals surface area contributed by atoms with Gasteiger partial charge in [0.1, 0.15) is 17.6 Å². The van der Waals surface area contributed by atoms with Gasteiger partial charge in [0.05, 0.1) is 11.9 Å². The Bertz CT molecular complexity index is 749. The molecule has 0 unspecified atom stereocenters. The zero-order chi connectivity index (χ0) is 13.4. The number of aryl methyl sites for hydroxylation is 1. The Morgan fingerprint density at radius 1 is 1.30 bits per heavy atom. The standard InChI is InChI=1S/C14H13N3OS.BrH/c1-16-10-5-2-3-6-11(10)17(14(16)15)9-12(18)13-7-4-8-19-13;/h2-8,15H,9H2,1H3;1H. The molecule has 0 aliphatic heterocycles. The van der Waals surface area contributed by atoms with Crippen LogP contribution >= 0.6 is 11.3 Å². The highest BCUT2D eigenvalue weighted by molar-refractivity contribution is 7.12. The van der Waals surface area contributed by atoms with Crippen molar-refractivity contribution in [2.45, 2.75) is 6.54 Å². The van der Waals surface area contributed by atoms with Gasteiger partial charge < -0.3 is 17.0 Å². The van der Waals surface area contributed by atoms with Crippen LogP contribution in [0.4, 0.5) is 5.95 Å². The number of benzene rings is 1. The highest BCUT2D eigenvalue weighted by atomic mass is 79.9. The molecule has 0 bridgehead atoms. The average Bonchev–Trinajstić information content (AvgIpc) is 3.03. The number of nitrogens with zero attached hydrogens (tertiary/aromatic N) is 2. The first-order valence-corrected chi connectivity index (χ1v) is 6.86. The monoisotopic (exact) mass is 351 g/mol. The van der Waals surface area contributed by atoms with Crippen molar-refractivity contribution in [2.24, 2.45) is 7.05 Å². The van der Waals surface area contributed by atoms with Crippen LogP contribution in [0.5, 0.6) is 0 Å². The maximum absolute atomic E-state index is 12.2. The predicted molar refractivity (Wildman–Crippen MR) is 76.2 cm³/mol. The van der Waals surface area contributed by atoms with Crippen molar-refractivity contribution >= 4 is 34.1 Å². The molecule has 2 aromatic heterocycles. The number of carbonyl (C=O) groups is 1. The second-order valence-corrected chi connectivity index (χ2v) is 5.34. The average molecular weight is 352 g/mol. The fourth-order valence-electron chi connectivity index (χ4n) is 2.23. The van der Waals surface area contributed by atoms with Crippen molar-refractivity contribution in [3.63, 3.8) is 0 Å². The Morgan fingerprint density at radius 2 is 2.05 bits per heavy atom. The van der Waals surface area contributed by atoms with E-state index in [0.29, 0.717) is 5.95 Å². The molecular formula is C14H14BrN3OS. The Morgan fingerprint density at radius 3 is 2.75 bits per heavy atom. The second kappa shape index (κ2) is 5.76. The van der Waals surface area contributed by atoms with Crippen LogP contribution in [0.1, 0.15) is 9.67 Å². The summed E-state index contributed by atoms with van der Waals surface area (Å²) in [5, 5.41) is 1.91. The fraction of sp³-hybridized carbons (Fsp3) is 0.143. The lowest BCUT2D eigenvalue weighted by Gasteiger charge is -1.99. The quantitative estimate of drug-likeness (QED) is 0.486. The largest absolute Gasteiger partial charge is 1.00 e. The summed E-state index contributed by atoms with van der Waals surface area (Å²) in [5.74, 6) is 0.675. The van der Waals surface area contributed by atoms with Gasteiger partial charge in [-0.15, -0.1) is 11.3 Å². The van der Waals surface area contributed by atoms with Crippen molar-refractivity contribution in [3.8, 4) is 0 Å². The molecule has 0 atom stereocenters. The lowest BCUT2D eigenvalue weighted by Crippen LogP contribution is -3.00. The number of fused-ring (bicyclic) bond motifs is 1. The van der Waals surface area contributed by atoms with Gasteiger partial charge in [-0.25, -0.2) is 9.13 Å². The number of para-hydroxylation sites is 2. The maximum atomic E-state index is 12.2. The van der Waals surface area contributed by atoms with Crippen LogP contribution in [0.15, 0.2) is 41.8 Å². The van der Waals surface area contributed by atoms with Crippen LogP contribution in [0, 0.1) is 0 Å². The number of hydrogen-bond acceptors (Lipinski definition) is 3. The number of nitrogens with two attached hydrogens (primary N) is 1. The topological polar surface area (TPSA) is 51.9 Å². The molecule has 20 heavy (non-hydrogen) atoms. The molecule has 0 spiro atoms. The molecule has 4 nitrogen and oxygen atoms in total.